The lowest BCUT2D eigenvalue weighted by Crippen LogP contribution is -2.33. The summed E-state index contributed by atoms with van der Waals surface area (Å²) in [6.07, 6.45) is 1.30. The predicted octanol–water partition coefficient (Wildman–Crippen LogP) is 3.79. The molecule has 0 saturated heterocycles. The molecule has 0 radical (unpaired) electrons. The molecule has 1 N–H and O–H groups in total. The highest BCUT2D eigenvalue weighted by atomic mass is 16.6. The summed E-state index contributed by atoms with van der Waals surface area (Å²) in [6, 6.07) is 12.1. The molecular weight excluding hydrogens is 304 g/mol. The maximum Gasteiger partial charge on any atom is 0.287 e. The van der Waals surface area contributed by atoms with Crippen LogP contribution < -0.4 is 5.32 Å². The van der Waals surface area contributed by atoms with Gasteiger partial charge in [-0.1, -0.05) is 44.2 Å². The molecule has 1 aromatic heterocycles. The number of hydrogen-bond acceptors (Lipinski definition) is 5. The Bertz CT molecular complexity index is 672. The van der Waals surface area contributed by atoms with Gasteiger partial charge in [-0.25, -0.2) is 4.98 Å². The van der Waals surface area contributed by atoms with Crippen LogP contribution >= 0.6 is 0 Å². The number of pyridine rings is 1. The Morgan fingerprint density at radius 2 is 1.92 bits per heavy atom. The molecule has 1 aromatic carbocycles. The molecule has 0 aliphatic carbocycles. The maximum atomic E-state index is 10.8. The summed E-state index contributed by atoms with van der Waals surface area (Å²) < 4.78 is 0. The number of nitrogens with one attached hydrogen (secondary N) is 1. The highest BCUT2D eigenvalue weighted by molar-refractivity contribution is 5.48. The first-order valence-corrected chi connectivity index (χ1v) is 8.20. The Kier molecular flexibility index (Phi) is 6.26. The number of likely N-dealkylation sites (N-methyl/N-ethyl adjacent to an activating group) is 1. The van der Waals surface area contributed by atoms with Crippen LogP contribution in [0.3, 0.4) is 0 Å². The van der Waals surface area contributed by atoms with E-state index < -0.39 is 4.92 Å². The second-order valence-corrected chi connectivity index (χ2v) is 5.64. The molecular formula is C18H24N4O2. The molecule has 0 bridgehead atoms. The van der Waals surface area contributed by atoms with Crippen molar-refractivity contribution in [1.82, 2.24) is 9.88 Å². The number of hydrogen-bond donors (Lipinski definition) is 1. The zero-order valence-electron chi connectivity index (χ0n) is 14.4. The van der Waals surface area contributed by atoms with Crippen molar-refractivity contribution in [1.29, 1.82) is 0 Å². The van der Waals surface area contributed by atoms with Crippen LogP contribution in [0.4, 0.5) is 11.5 Å². The molecule has 1 atom stereocenters. The van der Waals surface area contributed by atoms with E-state index in [1.165, 1.54) is 11.8 Å². The first-order chi connectivity index (χ1) is 11.6. The lowest BCUT2D eigenvalue weighted by atomic mass is 10.0. The number of nitrogens with zero attached hydrogens (tertiary/aromatic N) is 3. The Morgan fingerprint density at radius 3 is 2.46 bits per heavy atom. The van der Waals surface area contributed by atoms with Gasteiger partial charge in [-0.15, -0.1) is 0 Å². The summed E-state index contributed by atoms with van der Waals surface area (Å²) in [7, 11) is 0. The van der Waals surface area contributed by atoms with Gasteiger partial charge in [0.1, 0.15) is 12.0 Å². The van der Waals surface area contributed by atoms with Gasteiger partial charge in [0, 0.05) is 12.6 Å². The van der Waals surface area contributed by atoms with Crippen molar-refractivity contribution in [2.45, 2.75) is 26.8 Å². The van der Waals surface area contributed by atoms with Crippen molar-refractivity contribution >= 4 is 11.5 Å². The van der Waals surface area contributed by atoms with Crippen LogP contribution in [0.15, 0.2) is 42.6 Å². The molecule has 6 heteroatoms. The first kappa shape index (κ1) is 17.9. The Hall–Kier alpha value is -2.47. The molecule has 1 unspecified atom stereocenters. The fraction of sp³-hybridized carbons (Fsp3) is 0.389. The third kappa shape index (κ3) is 4.29. The van der Waals surface area contributed by atoms with Gasteiger partial charge in [0.15, 0.2) is 0 Å². The first-order valence-electron chi connectivity index (χ1n) is 8.20. The average Bonchev–Trinajstić information content (AvgIpc) is 2.60. The standard InChI is InChI=1S/C18H24N4O2/c1-4-21(5-2)17(15-9-7-6-8-10-15)13-20-18-14(3)11-16(12-19-18)22(23)24/h6-12,17H,4-5,13H2,1-3H3,(H,19,20). The van der Waals surface area contributed by atoms with Gasteiger partial charge in [-0.2, -0.15) is 0 Å². The molecule has 0 spiro atoms. The minimum Gasteiger partial charge on any atom is -0.368 e. The van der Waals surface area contributed by atoms with Gasteiger partial charge in [0.05, 0.1) is 11.0 Å². The smallest absolute Gasteiger partial charge is 0.287 e. The maximum absolute atomic E-state index is 10.8. The quantitative estimate of drug-likeness (QED) is 0.589. The monoisotopic (exact) mass is 328 g/mol. The zero-order valence-corrected chi connectivity index (χ0v) is 14.4. The highest BCUT2D eigenvalue weighted by Gasteiger charge is 2.18. The number of aryl methyl sites for hydroxylation is 1. The van der Waals surface area contributed by atoms with Crippen LogP contribution in [0, 0.1) is 17.0 Å². The third-order valence-corrected chi connectivity index (χ3v) is 4.17. The van der Waals surface area contributed by atoms with Crippen LogP contribution in [0.1, 0.15) is 31.0 Å². The van der Waals surface area contributed by atoms with Gasteiger partial charge in [0.2, 0.25) is 0 Å². The van der Waals surface area contributed by atoms with E-state index in [1.54, 1.807) is 6.07 Å². The normalized spacial score (nSPS) is 12.2. The Labute approximate surface area is 142 Å². The second-order valence-electron chi connectivity index (χ2n) is 5.64. The van der Waals surface area contributed by atoms with E-state index in [9.17, 15) is 10.1 Å². The van der Waals surface area contributed by atoms with Crippen molar-refractivity contribution in [3.05, 3.63) is 63.8 Å². The van der Waals surface area contributed by atoms with E-state index in [-0.39, 0.29) is 11.7 Å². The lowest BCUT2D eigenvalue weighted by Gasteiger charge is -2.30. The van der Waals surface area contributed by atoms with Crippen molar-refractivity contribution in [2.24, 2.45) is 0 Å². The average molecular weight is 328 g/mol. The number of nitro groups is 1. The fourth-order valence-corrected chi connectivity index (χ4v) is 2.84. The van der Waals surface area contributed by atoms with Crippen molar-refractivity contribution in [3.63, 3.8) is 0 Å². The molecule has 0 fully saturated rings. The number of aromatic nitrogens is 1. The van der Waals surface area contributed by atoms with Crippen LogP contribution in [-0.4, -0.2) is 34.4 Å². The SMILES string of the molecule is CCN(CC)C(CNc1ncc([N+](=O)[O-])cc1C)c1ccccc1. The summed E-state index contributed by atoms with van der Waals surface area (Å²) in [5, 5.41) is 14.2. The number of benzene rings is 1. The summed E-state index contributed by atoms with van der Waals surface area (Å²) in [6.45, 7) is 8.72. The molecule has 0 saturated carbocycles. The molecule has 0 amide bonds. The van der Waals surface area contributed by atoms with Crippen molar-refractivity contribution < 1.29 is 4.92 Å². The van der Waals surface area contributed by atoms with E-state index in [1.807, 2.05) is 25.1 Å². The van der Waals surface area contributed by atoms with Gasteiger partial charge in [-0.3, -0.25) is 15.0 Å². The summed E-state index contributed by atoms with van der Waals surface area (Å²) in [5.41, 5.74) is 2.03. The Balaban J connectivity index is 2.17. The molecule has 128 valence electrons. The van der Waals surface area contributed by atoms with Crippen LogP contribution in [0.2, 0.25) is 0 Å². The topological polar surface area (TPSA) is 71.3 Å². The van der Waals surface area contributed by atoms with E-state index in [2.05, 4.69) is 41.2 Å². The van der Waals surface area contributed by atoms with Crippen LogP contribution in [0.25, 0.3) is 0 Å². The molecule has 1 heterocycles. The van der Waals surface area contributed by atoms with Gasteiger partial charge >= 0.3 is 0 Å². The highest BCUT2D eigenvalue weighted by Crippen LogP contribution is 2.23. The molecule has 0 aliphatic rings. The summed E-state index contributed by atoms with van der Waals surface area (Å²) in [4.78, 5) is 17.0. The van der Waals surface area contributed by atoms with E-state index >= 15 is 0 Å². The minimum atomic E-state index is -0.424. The zero-order chi connectivity index (χ0) is 17.5. The third-order valence-electron chi connectivity index (χ3n) is 4.17. The largest absolute Gasteiger partial charge is 0.368 e. The fourth-order valence-electron chi connectivity index (χ4n) is 2.84. The lowest BCUT2D eigenvalue weighted by molar-refractivity contribution is -0.385. The predicted molar refractivity (Wildman–Crippen MR) is 96.2 cm³/mol. The van der Waals surface area contributed by atoms with Gasteiger partial charge < -0.3 is 5.32 Å². The van der Waals surface area contributed by atoms with E-state index in [4.69, 9.17) is 0 Å². The van der Waals surface area contributed by atoms with Crippen LogP contribution in [0.5, 0.6) is 0 Å². The number of anilines is 1. The molecule has 6 nitrogen and oxygen atoms in total. The molecule has 2 rings (SSSR count). The number of rotatable bonds is 8. The molecule has 0 aliphatic heterocycles. The second kappa shape index (κ2) is 8.40. The van der Waals surface area contributed by atoms with Crippen molar-refractivity contribution in [2.75, 3.05) is 25.0 Å². The summed E-state index contributed by atoms with van der Waals surface area (Å²) in [5.74, 6) is 0.689. The molecule has 24 heavy (non-hydrogen) atoms. The van der Waals surface area contributed by atoms with Crippen LogP contribution in [-0.2, 0) is 0 Å². The summed E-state index contributed by atoms with van der Waals surface area (Å²) >= 11 is 0. The molecule has 2 aromatic rings. The van der Waals surface area contributed by atoms with E-state index in [0.29, 0.717) is 12.4 Å². The van der Waals surface area contributed by atoms with E-state index in [0.717, 1.165) is 18.7 Å². The van der Waals surface area contributed by atoms with Gasteiger partial charge in [-0.05, 0) is 31.1 Å². The van der Waals surface area contributed by atoms with Crippen molar-refractivity contribution in [3.8, 4) is 0 Å². The Morgan fingerprint density at radius 1 is 1.25 bits per heavy atom. The van der Waals surface area contributed by atoms with Gasteiger partial charge in [0.25, 0.3) is 5.69 Å². The minimum absolute atomic E-state index is 0.0152.